The van der Waals surface area contributed by atoms with E-state index in [9.17, 15) is 53.1 Å². The standard InChI is InChI=1S/C53H102N16O11S/c1-11-32(8)42(51(79)64-35(18-13-15-22-55)48(76)69-43(33(9)70)52(80)67-40(27-31(6)7)50(78)65-38(44(57)72)25-29(2)3)68-47(75)36(19-16-23-60-53(58)59)62-45(73)34(17-12-14-21-54)63-49(77)39(26-30(4)5)66-46(74)37(20-24-81-10)61-41(71)28-56/h29-40,42-43,70H,11-28,54-56H2,1-10H3,(H2,57,72)(H,61,71)(H,62,73)(H,63,77)(H,64,79)(H,65,78)(H,66,74)(H,67,80)(H,68,75)(H,69,76)(H4,58,59,60)/t32-,33+,34-,35-,36-,37-,38-,39-,40-,42-,43-/m0/s1. The van der Waals surface area contributed by atoms with E-state index in [1.54, 1.807) is 13.8 Å². The lowest BCUT2D eigenvalue weighted by Gasteiger charge is -2.30. The normalized spacial score (nSPS) is 15.4. The Morgan fingerprint density at radius 3 is 1.21 bits per heavy atom. The Morgan fingerprint density at radius 1 is 0.457 bits per heavy atom. The molecule has 0 radical (unpaired) electrons. The van der Waals surface area contributed by atoms with Crippen molar-refractivity contribution >= 4 is 76.8 Å². The predicted molar refractivity (Wildman–Crippen MR) is 314 cm³/mol. The third-order valence-electron chi connectivity index (χ3n) is 13.1. The number of aliphatic hydroxyl groups is 1. The minimum absolute atomic E-state index is 0.00514. The zero-order valence-electron chi connectivity index (χ0n) is 49.7. The Labute approximate surface area is 483 Å². The van der Waals surface area contributed by atoms with Gasteiger partial charge in [-0.2, -0.15) is 11.8 Å². The maximum Gasteiger partial charge on any atom is 0.245 e. The first-order valence-corrected chi connectivity index (χ1v) is 29.8. The van der Waals surface area contributed by atoms with Crippen LogP contribution in [0.3, 0.4) is 0 Å². The van der Waals surface area contributed by atoms with E-state index in [0.717, 1.165) is 0 Å². The van der Waals surface area contributed by atoms with Crippen molar-refractivity contribution in [2.75, 3.05) is 38.2 Å². The number of aliphatic hydroxyl groups excluding tert-OH is 1. The van der Waals surface area contributed by atoms with Gasteiger partial charge in [-0.25, -0.2) is 0 Å². The van der Waals surface area contributed by atoms with Gasteiger partial charge in [0.25, 0.3) is 0 Å². The van der Waals surface area contributed by atoms with E-state index in [4.69, 9.17) is 34.4 Å². The molecule has 0 rings (SSSR count). The molecule has 466 valence electrons. The number of nitrogens with one attached hydrogen (secondary N) is 9. The summed E-state index contributed by atoms with van der Waals surface area (Å²) in [5.74, 6) is -7.99. The highest BCUT2D eigenvalue weighted by molar-refractivity contribution is 7.98. The molecule has 27 nitrogen and oxygen atoms in total. The van der Waals surface area contributed by atoms with Gasteiger partial charge in [-0.1, -0.05) is 61.8 Å². The number of carbonyl (C=O) groups excluding carboxylic acids is 10. The third kappa shape index (κ3) is 31.3. The Hall–Kier alpha value is -5.84. The molecule has 0 heterocycles. The Kier molecular flexibility index (Phi) is 38.2. The van der Waals surface area contributed by atoms with Crippen molar-refractivity contribution < 1.29 is 53.1 Å². The van der Waals surface area contributed by atoms with Gasteiger partial charge in [0, 0.05) is 6.54 Å². The largest absolute Gasteiger partial charge is 0.391 e. The number of nitrogens with zero attached hydrogens (tertiary/aromatic N) is 1. The number of hydrogen-bond acceptors (Lipinski definition) is 16. The molecule has 28 heteroatoms. The van der Waals surface area contributed by atoms with Crippen molar-refractivity contribution in [3.8, 4) is 0 Å². The second-order valence-electron chi connectivity index (χ2n) is 21.9. The summed E-state index contributed by atoms with van der Waals surface area (Å²) in [4.78, 5) is 141. The van der Waals surface area contributed by atoms with Crippen LogP contribution in [0.1, 0.15) is 146 Å². The summed E-state index contributed by atoms with van der Waals surface area (Å²) >= 11 is 1.46. The van der Waals surface area contributed by atoms with Crippen LogP contribution in [-0.2, 0) is 47.9 Å². The molecule has 0 bridgehead atoms. The second kappa shape index (κ2) is 41.2. The van der Waals surface area contributed by atoms with E-state index in [-0.39, 0.29) is 101 Å². The Morgan fingerprint density at radius 2 is 0.815 bits per heavy atom. The Balaban J connectivity index is 7.02. The summed E-state index contributed by atoms with van der Waals surface area (Å²) in [6, 6.07) is -11.2. The van der Waals surface area contributed by atoms with Gasteiger partial charge in [-0.15, -0.1) is 0 Å². The fourth-order valence-corrected chi connectivity index (χ4v) is 8.88. The van der Waals surface area contributed by atoms with Crippen molar-refractivity contribution in [3.05, 3.63) is 0 Å². The summed E-state index contributed by atoms with van der Waals surface area (Å²) in [5.41, 5.74) is 33.8. The average molecular weight is 1170 g/mol. The number of primary amides is 1. The summed E-state index contributed by atoms with van der Waals surface area (Å²) in [6.45, 7) is 16.0. The highest BCUT2D eigenvalue weighted by atomic mass is 32.2. The molecule has 0 aliphatic rings. The molecule has 0 saturated heterocycles. The van der Waals surface area contributed by atoms with Crippen molar-refractivity contribution in [1.29, 1.82) is 0 Å². The molecule has 0 aliphatic heterocycles. The zero-order chi connectivity index (χ0) is 61.9. The average Bonchev–Trinajstić information content (AvgIpc) is 3.38. The highest BCUT2D eigenvalue weighted by Crippen LogP contribution is 2.15. The molecule has 0 aliphatic carbocycles. The van der Waals surface area contributed by atoms with Gasteiger partial charge in [0.15, 0.2) is 5.96 Å². The first-order chi connectivity index (χ1) is 38.1. The number of amides is 10. The van der Waals surface area contributed by atoms with E-state index in [1.807, 2.05) is 47.8 Å². The molecular weight excluding hydrogens is 1070 g/mol. The number of guanidine groups is 1. The van der Waals surface area contributed by atoms with Crippen molar-refractivity contribution in [1.82, 2.24) is 47.9 Å². The predicted octanol–water partition coefficient (Wildman–Crippen LogP) is -2.58. The minimum Gasteiger partial charge on any atom is -0.391 e. The number of nitrogens with two attached hydrogens (primary N) is 6. The number of unbranched alkanes of at least 4 members (excludes halogenated alkanes) is 2. The number of hydrogen-bond donors (Lipinski definition) is 16. The van der Waals surface area contributed by atoms with E-state index in [1.165, 1.54) is 18.7 Å². The van der Waals surface area contributed by atoms with Crippen molar-refractivity contribution in [2.24, 2.45) is 63.1 Å². The van der Waals surface area contributed by atoms with E-state index < -0.39 is 125 Å². The fraction of sp³-hybridized carbons (Fsp3) is 0.792. The molecule has 0 unspecified atom stereocenters. The molecule has 11 atom stereocenters. The van der Waals surface area contributed by atoms with E-state index in [0.29, 0.717) is 37.9 Å². The van der Waals surface area contributed by atoms with Crippen LogP contribution < -0.4 is 82.3 Å². The maximum atomic E-state index is 14.5. The first-order valence-electron chi connectivity index (χ1n) is 28.4. The topological polar surface area (TPSA) is 468 Å². The van der Waals surface area contributed by atoms with Gasteiger partial charge in [0.1, 0.15) is 54.4 Å². The molecule has 22 N–H and O–H groups in total. The quantitative estimate of drug-likeness (QED) is 0.0169. The third-order valence-corrected chi connectivity index (χ3v) is 13.7. The number of thioether (sulfide) groups is 1. The monoisotopic (exact) mass is 1170 g/mol. The van der Waals surface area contributed by atoms with Gasteiger partial charge in [-0.3, -0.25) is 52.9 Å². The summed E-state index contributed by atoms with van der Waals surface area (Å²) < 4.78 is 0. The summed E-state index contributed by atoms with van der Waals surface area (Å²) in [6.07, 6.45) is 3.29. The lowest BCUT2D eigenvalue weighted by Crippen LogP contribution is -2.62. The number of carbonyl (C=O) groups is 10. The fourth-order valence-electron chi connectivity index (χ4n) is 8.40. The minimum atomic E-state index is -1.63. The molecule has 10 amide bonds. The van der Waals surface area contributed by atoms with Crippen LogP contribution in [0.4, 0.5) is 0 Å². The molecule has 0 fully saturated rings. The van der Waals surface area contributed by atoms with Gasteiger partial charge in [0.2, 0.25) is 59.1 Å². The van der Waals surface area contributed by atoms with Gasteiger partial charge in [-0.05, 0) is 133 Å². The molecule has 0 aromatic carbocycles. The van der Waals surface area contributed by atoms with Gasteiger partial charge in [0.05, 0.1) is 12.6 Å². The lowest BCUT2D eigenvalue weighted by molar-refractivity contribution is -0.137. The van der Waals surface area contributed by atoms with E-state index >= 15 is 0 Å². The van der Waals surface area contributed by atoms with Crippen LogP contribution in [0.15, 0.2) is 4.99 Å². The van der Waals surface area contributed by atoms with Gasteiger partial charge < -0.3 is 87.4 Å². The van der Waals surface area contributed by atoms with Crippen LogP contribution in [0.2, 0.25) is 0 Å². The summed E-state index contributed by atoms with van der Waals surface area (Å²) in [5, 5.41) is 34.9. The zero-order valence-corrected chi connectivity index (χ0v) is 50.5. The van der Waals surface area contributed by atoms with Crippen LogP contribution in [-0.4, -0.2) is 169 Å². The molecular formula is C53H102N16O11S. The number of aliphatic imine (C=N–C) groups is 1. The van der Waals surface area contributed by atoms with Crippen LogP contribution >= 0.6 is 11.8 Å². The van der Waals surface area contributed by atoms with Crippen LogP contribution in [0.25, 0.3) is 0 Å². The SMILES string of the molecule is CC[C@H](C)[C@H](NC(=O)[C@H](CCCN=C(N)N)NC(=O)[C@H](CCCCN)NC(=O)[C@H](CC(C)C)NC(=O)[C@H](CCSC)NC(=O)CN)C(=O)N[C@@H](CCCCN)C(=O)N[C@H](C(=O)N[C@@H](CC(C)C)C(=O)N[C@@H](CC(C)C)C(N)=O)[C@@H](C)O. The number of rotatable bonds is 43. The van der Waals surface area contributed by atoms with E-state index in [2.05, 4.69) is 52.8 Å². The highest BCUT2D eigenvalue weighted by Gasteiger charge is 2.37. The van der Waals surface area contributed by atoms with Crippen LogP contribution in [0, 0.1) is 23.7 Å². The molecule has 81 heavy (non-hydrogen) atoms. The molecule has 0 spiro atoms. The van der Waals surface area contributed by atoms with Gasteiger partial charge >= 0.3 is 0 Å². The maximum absolute atomic E-state index is 14.5. The molecule has 0 aromatic rings. The Bertz CT molecular complexity index is 2010. The van der Waals surface area contributed by atoms with Crippen molar-refractivity contribution in [2.45, 2.75) is 206 Å². The smallest absolute Gasteiger partial charge is 0.245 e. The lowest BCUT2D eigenvalue weighted by atomic mass is 9.96. The molecule has 0 saturated carbocycles. The second-order valence-corrected chi connectivity index (χ2v) is 22.9. The van der Waals surface area contributed by atoms with Crippen molar-refractivity contribution in [3.63, 3.8) is 0 Å². The molecule has 0 aromatic heterocycles. The first kappa shape index (κ1) is 75.2. The summed E-state index contributed by atoms with van der Waals surface area (Å²) in [7, 11) is 0. The van der Waals surface area contributed by atoms with Crippen LogP contribution in [0.5, 0.6) is 0 Å².